The molecule has 0 aromatic heterocycles. The van der Waals surface area contributed by atoms with Crippen LogP contribution in [0.2, 0.25) is 0 Å². The maximum atomic E-state index is 13.5. The highest BCUT2D eigenvalue weighted by Crippen LogP contribution is 2.39. The van der Waals surface area contributed by atoms with Crippen molar-refractivity contribution in [3.05, 3.63) is 76.6 Å². The summed E-state index contributed by atoms with van der Waals surface area (Å²) in [6, 6.07) is 12.0. The summed E-state index contributed by atoms with van der Waals surface area (Å²) in [4.78, 5) is 29.5. The summed E-state index contributed by atoms with van der Waals surface area (Å²) < 4.78 is 13.5. The molecule has 0 unspecified atom stereocenters. The van der Waals surface area contributed by atoms with Gasteiger partial charge in [0, 0.05) is 18.7 Å². The lowest BCUT2D eigenvalue weighted by Gasteiger charge is -2.28. The minimum absolute atomic E-state index is 0.0370. The van der Waals surface area contributed by atoms with E-state index < -0.39 is 23.5 Å². The molecule has 0 saturated carbocycles. The molecule has 0 spiro atoms. The van der Waals surface area contributed by atoms with E-state index in [1.54, 1.807) is 24.3 Å². The van der Waals surface area contributed by atoms with Gasteiger partial charge in [-0.05, 0) is 37.7 Å². The third kappa shape index (κ3) is 4.28. The minimum Gasteiger partial charge on any atom is -0.507 e. The number of likely N-dealkylation sites (tertiary alicyclic amines) is 1. The molecule has 6 heteroatoms. The van der Waals surface area contributed by atoms with Crippen LogP contribution in [0.5, 0.6) is 0 Å². The molecular weight excluding hydrogens is 383 g/mol. The van der Waals surface area contributed by atoms with E-state index in [0.717, 1.165) is 18.7 Å². The Morgan fingerprint density at radius 3 is 2.20 bits per heavy atom. The normalized spacial score (nSPS) is 18.4. The van der Waals surface area contributed by atoms with E-state index in [9.17, 15) is 19.1 Å². The second-order valence-electron chi connectivity index (χ2n) is 7.44. The number of aliphatic hydroxyl groups excluding tert-OH is 1. The van der Waals surface area contributed by atoms with Crippen LogP contribution in [0, 0.1) is 12.7 Å². The summed E-state index contributed by atoms with van der Waals surface area (Å²) in [6.45, 7) is 8.57. The lowest BCUT2D eigenvalue weighted by molar-refractivity contribution is -0.140. The van der Waals surface area contributed by atoms with Crippen LogP contribution in [-0.2, 0) is 9.59 Å². The first-order valence-corrected chi connectivity index (χ1v) is 10.2. The highest BCUT2D eigenvalue weighted by molar-refractivity contribution is 6.46. The van der Waals surface area contributed by atoms with Crippen LogP contribution in [0.25, 0.3) is 5.76 Å². The van der Waals surface area contributed by atoms with Crippen molar-refractivity contribution in [2.24, 2.45) is 0 Å². The molecular formula is C24H27FN2O3. The largest absolute Gasteiger partial charge is 0.507 e. The van der Waals surface area contributed by atoms with Crippen LogP contribution >= 0.6 is 0 Å². The Morgan fingerprint density at radius 2 is 1.63 bits per heavy atom. The number of aliphatic hydroxyl groups is 1. The number of aryl methyl sites for hydroxylation is 1. The van der Waals surface area contributed by atoms with Gasteiger partial charge >= 0.3 is 0 Å². The molecule has 1 atom stereocenters. The van der Waals surface area contributed by atoms with Crippen molar-refractivity contribution in [1.82, 2.24) is 9.80 Å². The molecule has 5 nitrogen and oxygen atoms in total. The van der Waals surface area contributed by atoms with Crippen molar-refractivity contribution in [1.29, 1.82) is 0 Å². The summed E-state index contributed by atoms with van der Waals surface area (Å²) in [5, 5.41) is 11.0. The Bertz CT molecular complexity index is 947. The second-order valence-corrected chi connectivity index (χ2v) is 7.44. The van der Waals surface area contributed by atoms with Crippen LogP contribution in [0.3, 0.4) is 0 Å². The zero-order valence-electron chi connectivity index (χ0n) is 17.6. The molecule has 1 aliphatic heterocycles. The molecule has 1 fully saturated rings. The van der Waals surface area contributed by atoms with Gasteiger partial charge < -0.3 is 14.9 Å². The van der Waals surface area contributed by atoms with Crippen molar-refractivity contribution in [3.8, 4) is 0 Å². The maximum absolute atomic E-state index is 13.5. The van der Waals surface area contributed by atoms with E-state index in [1.165, 1.54) is 17.0 Å². The number of amides is 1. The molecule has 1 heterocycles. The van der Waals surface area contributed by atoms with Crippen molar-refractivity contribution in [3.63, 3.8) is 0 Å². The van der Waals surface area contributed by atoms with Gasteiger partial charge in [-0.15, -0.1) is 0 Å². The van der Waals surface area contributed by atoms with Gasteiger partial charge in [0.05, 0.1) is 11.6 Å². The number of halogens is 1. The van der Waals surface area contributed by atoms with E-state index >= 15 is 0 Å². The number of hydrogen-bond acceptors (Lipinski definition) is 4. The summed E-state index contributed by atoms with van der Waals surface area (Å²) in [5.41, 5.74) is 2.11. The van der Waals surface area contributed by atoms with E-state index in [2.05, 4.69) is 4.90 Å². The Kier molecular flexibility index (Phi) is 6.67. The Labute approximate surface area is 176 Å². The fraction of sp³-hybridized carbons (Fsp3) is 0.333. The van der Waals surface area contributed by atoms with Gasteiger partial charge in [-0.1, -0.05) is 55.8 Å². The van der Waals surface area contributed by atoms with Crippen molar-refractivity contribution >= 4 is 17.4 Å². The molecule has 1 N–H and O–H groups in total. The number of carbonyl (C=O) groups excluding carboxylic acids is 2. The van der Waals surface area contributed by atoms with Crippen molar-refractivity contribution in [2.45, 2.75) is 26.8 Å². The summed E-state index contributed by atoms with van der Waals surface area (Å²) in [7, 11) is 0. The van der Waals surface area contributed by atoms with E-state index in [0.29, 0.717) is 24.2 Å². The predicted molar refractivity (Wildman–Crippen MR) is 114 cm³/mol. The molecule has 0 bridgehead atoms. The molecule has 158 valence electrons. The highest BCUT2D eigenvalue weighted by Gasteiger charge is 2.45. The average molecular weight is 410 g/mol. The minimum atomic E-state index is -0.762. The number of carbonyl (C=O) groups is 2. The molecule has 1 aliphatic rings. The summed E-state index contributed by atoms with van der Waals surface area (Å²) in [5.74, 6) is -1.99. The lowest BCUT2D eigenvalue weighted by atomic mass is 9.95. The average Bonchev–Trinajstić information content (AvgIpc) is 3.00. The predicted octanol–water partition coefficient (Wildman–Crippen LogP) is 3.90. The molecule has 2 aromatic rings. The van der Waals surface area contributed by atoms with Gasteiger partial charge in [0.15, 0.2) is 0 Å². The summed E-state index contributed by atoms with van der Waals surface area (Å²) >= 11 is 0. The molecule has 3 rings (SSSR count). The van der Waals surface area contributed by atoms with Gasteiger partial charge in [0.2, 0.25) is 0 Å². The van der Waals surface area contributed by atoms with Crippen LogP contribution in [0.15, 0.2) is 54.1 Å². The van der Waals surface area contributed by atoms with Crippen molar-refractivity contribution in [2.75, 3.05) is 26.2 Å². The summed E-state index contributed by atoms with van der Waals surface area (Å²) in [6.07, 6.45) is 0. The molecule has 0 aliphatic carbocycles. The Morgan fingerprint density at radius 1 is 1.03 bits per heavy atom. The second kappa shape index (κ2) is 9.22. The Balaban J connectivity index is 2.08. The monoisotopic (exact) mass is 410 g/mol. The number of benzene rings is 2. The Hall–Kier alpha value is -2.99. The maximum Gasteiger partial charge on any atom is 0.295 e. The molecule has 30 heavy (non-hydrogen) atoms. The zero-order valence-corrected chi connectivity index (χ0v) is 17.6. The zero-order chi connectivity index (χ0) is 21.8. The van der Waals surface area contributed by atoms with Crippen LogP contribution in [-0.4, -0.2) is 52.8 Å². The highest BCUT2D eigenvalue weighted by atomic mass is 19.1. The van der Waals surface area contributed by atoms with E-state index in [-0.39, 0.29) is 11.3 Å². The number of likely N-dealkylation sites (N-methyl/N-ethyl adjacent to an activating group) is 1. The van der Waals surface area contributed by atoms with Gasteiger partial charge in [0.1, 0.15) is 11.6 Å². The van der Waals surface area contributed by atoms with Gasteiger partial charge in [-0.3, -0.25) is 9.59 Å². The molecule has 2 aromatic carbocycles. The van der Waals surface area contributed by atoms with Crippen LogP contribution in [0.4, 0.5) is 4.39 Å². The fourth-order valence-corrected chi connectivity index (χ4v) is 3.76. The van der Waals surface area contributed by atoms with Crippen LogP contribution in [0.1, 0.15) is 36.6 Å². The number of hydrogen-bond donors (Lipinski definition) is 1. The first-order chi connectivity index (χ1) is 14.4. The fourth-order valence-electron chi connectivity index (χ4n) is 3.76. The number of nitrogens with zero attached hydrogens (tertiary/aromatic N) is 2. The molecule has 1 saturated heterocycles. The smallest absolute Gasteiger partial charge is 0.295 e. The number of ketones is 1. The van der Waals surface area contributed by atoms with Gasteiger partial charge in [0.25, 0.3) is 11.7 Å². The third-order valence-electron chi connectivity index (χ3n) is 5.60. The number of Topliss-reactive ketones (excluding diaryl/α,β-unsaturated/α-hetero) is 1. The molecule has 0 radical (unpaired) electrons. The SMILES string of the molecule is CCN(CC)CCN1C(=O)C(=O)C(=C(O)c2ccc(C)cc2)[C@@H]1c1ccc(F)cc1. The molecule has 1 amide bonds. The lowest BCUT2D eigenvalue weighted by Crippen LogP contribution is -2.38. The first kappa shape index (κ1) is 21.7. The van der Waals surface area contributed by atoms with Gasteiger partial charge in [-0.25, -0.2) is 4.39 Å². The first-order valence-electron chi connectivity index (χ1n) is 10.2. The quantitative estimate of drug-likeness (QED) is 0.427. The topological polar surface area (TPSA) is 60.9 Å². The van der Waals surface area contributed by atoms with E-state index in [4.69, 9.17) is 0 Å². The van der Waals surface area contributed by atoms with Crippen molar-refractivity contribution < 1.29 is 19.1 Å². The van der Waals surface area contributed by atoms with E-state index in [1.807, 2.05) is 32.9 Å². The van der Waals surface area contributed by atoms with Gasteiger partial charge in [-0.2, -0.15) is 0 Å². The number of rotatable bonds is 7. The third-order valence-corrected chi connectivity index (χ3v) is 5.60. The van der Waals surface area contributed by atoms with Crippen LogP contribution < -0.4 is 0 Å². The standard InChI is InChI=1S/C24H27FN2O3/c1-4-26(5-2)14-15-27-21(17-10-12-19(25)13-11-17)20(23(29)24(27)30)22(28)18-8-6-16(3)7-9-18/h6-13,21,28H,4-5,14-15H2,1-3H3/t21-/m0/s1.